The molecule has 2 aromatic rings. The van der Waals surface area contributed by atoms with Gasteiger partial charge in [0.1, 0.15) is 5.65 Å². The molecule has 2 rings (SSSR count). The molecule has 0 aliphatic rings. The average Bonchev–Trinajstić information content (AvgIpc) is 2.55. The van der Waals surface area contributed by atoms with E-state index in [1.54, 1.807) is 0 Å². The number of pyridine rings is 1. The van der Waals surface area contributed by atoms with Crippen LogP contribution >= 0.6 is 0 Å². The first-order chi connectivity index (χ1) is 7.13. The van der Waals surface area contributed by atoms with Crippen molar-refractivity contribution in [3.8, 4) is 0 Å². The van der Waals surface area contributed by atoms with E-state index < -0.39 is 5.97 Å². The Hall–Kier alpha value is -1.84. The Morgan fingerprint density at radius 2 is 2.33 bits per heavy atom. The summed E-state index contributed by atoms with van der Waals surface area (Å²) in [5.41, 5.74) is 2.68. The van der Waals surface area contributed by atoms with Crippen molar-refractivity contribution in [3.63, 3.8) is 0 Å². The van der Waals surface area contributed by atoms with E-state index in [0.717, 1.165) is 11.3 Å². The number of carboxylic acids is 1. The highest BCUT2D eigenvalue weighted by molar-refractivity contribution is 5.88. The third kappa shape index (κ3) is 1.48. The second kappa shape index (κ2) is 3.38. The molecule has 0 saturated carbocycles. The van der Waals surface area contributed by atoms with Crippen molar-refractivity contribution in [3.05, 3.63) is 35.3 Å². The Labute approximate surface area is 87.2 Å². The van der Waals surface area contributed by atoms with E-state index in [0.29, 0.717) is 12.1 Å². The normalized spacial score (nSPS) is 10.8. The summed E-state index contributed by atoms with van der Waals surface area (Å²) >= 11 is 0. The van der Waals surface area contributed by atoms with Crippen molar-refractivity contribution in [1.29, 1.82) is 0 Å². The molecule has 0 bridgehead atoms. The van der Waals surface area contributed by atoms with E-state index in [4.69, 9.17) is 5.11 Å². The number of aromatic nitrogens is 2. The molecule has 2 aromatic heterocycles. The molecule has 0 aliphatic carbocycles. The van der Waals surface area contributed by atoms with Crippen LogP contribution in [0.15, 0.2) is 18.3 Å². The van der Waals surface area contributed by atoms with Crippen molar-refractivity contribution in [2.75, 3.05) is 0 Å². The molecule has 0 unspecified atom stereocenters. The minimum atomic E-state index is -0.965. The van der Waals surface area contributed by atoms with Gasteiger partial charge in [0.15, 0.2) is 5.69 Å². The minimum absolute atomic E-state index is 0.156. The van der Waals surface area contributed by atoms with E-state index in [1.165, 1.54) is 0 Å². The van der Waals surface area contributed by atoms with Crippen LogP contribution < -0.4 is 0 Å². The van der Waals surface area contributed by atoms with E-state index in [-0.39, 0.29) is 5.69 Å². The minimum Gasteiger partial charge on any atom is -0.476 e. The Bertz CT molecular complexity index is 529. The zero-order valence-corrected chi connectivity index (χ0v) is 8.69. The Morgan fingerprint density at radius 1 is 1.60 bits per heavy atom. The number of hydrogen-bond acceptors (Lipinski definition) is 2. The highest BCUT2D eigenvalue weighted by Gasteiger charge is 2.16. The smallest absolute Gasteiger partial charge is 0.356 e. The summed E-state index contributed by atoms with van der Waals surface area (Å²) < 4.78 is 1.83. The van der Waals surface area contributed by atoms with Crippen molar-refractivity contribution in [2.24, 2.45) is 0 Å². The van der Waals surface area contributed by atoms with Crippen molar-refractivity contribution < 1.29 is 9.90 Å². The zero-order chi connectivity index (χ0) is 11.0. The van der Waals surface area contributed by atoms with Gasteiger partial charge in [-0.1, -0.05) is 6.92 Å². The number of aryl methyl sites for hydroxylation is 2. The first-order valence-corrected chi connectivity index (χ1v) is 4.84. The van der Waals surface area contributed by atoms with Crippen molar-refractivity contribution in [1.82, 2.24) is 9.38 Å². The van der Waals surface area contributed by atoms with Crippen LogP contribution in [0.2, 0.25) is 0 Å². The molecule has 0 aliphatic heterocycles. The summed E-state index contributed by atoms with van der Waals surface area (Å²) in [4.78, 5) is 15.1. The lowest BCUT2D eigenvalue weighted by molar-refractivity contribution is 0.0690. The average molecular weight is 204 g/mol. The number of carbonyl (C=O) groups is 1. The van der Waals surface area contributed by atoms with Gasteiger partial charge < -0.3 is 9.51 Å². The van der Waals surface area contributed by atoms with Crippen LogP contribution in [0, 0.1) is 6.92 Å². The number of fused-ring (bicyclic) bond motifs is 1. The number of hydrogen-bond donors (Lipinski definition) is 1. The molecule has 0 saturated heterocycles. The van der Waals surface area contributed by atoms with Crippen LogP contribution in [0.25, 0.3) is 5.65 Å². The Kier molecular flexibility index (Phi) is 2.19. The monoisotopic (exact) mass is 204 g/mol. The van der Waals surface area contributed by atoms with Crippen LogP contribution in [-0.4, -0.2) is 20.5 Å². The molecule has 0 atom stereocenters. The molecular formula is C11H12N2O2. The molecule has 4 nitrogen and oxygen atoms in total. The molecule has 0 radical (unpaired) electrons. The predicted molar refractivity (Wildman–Crippen MR) is 56.3 cm³/mol. The van der Waals surface area contributed by atoms with Gasteiger partial charge in [-0.05, 0) is 31.0 Å². The molecule has 78 valence electrons. The third-order valence-corrected chi connectivity index (χ3v) is 2.42. The molecule has 0 fully saturated rings. The fourth-order valence-corrected chi connectivity index (χ4v) is 1.71. The third-order valence-electron chi connectivity index (χ3n) is 2.42. The van der Waals surface area contributed by atoms with Crippen LogP contribution in [0.5, 0.6) is 0 Å². The maximum absolute atomic E-state index is 11.0. The number of aromatic carboxylic acids is 1. The second-order valence-electron chi connectivity index (χ2n) is 3.50. The zero-order valence-electron chi connectivity index (χ0n) is 8.69. The van der Waals surface area contributed by atoms with Gasteiger partial charge in [0, 0.05) is 6.20 Å². The lowest BCUT2D eigenvalue weighted by atomic mass is 10.2. The van der Waals surface area contributed by atoms with Crippen LogP contribution in [0.3, 0.4) is 0 Å². The summed E-state index contributed by atoms with van der Waals surface area (Å²) in [6, 6.07) is 3.82. The molecule has 0 amide bonds. The molecule has 0 aromatic carbocycles. The van der Waals surface area contributed by atoms with Gasteiger partial charge in [0.05, 0.1) is 5.69 Å². The number of nitrogens with zero attached hydrogens (tertiary/aromatic N) is 2. The molecule has 1 N–H and O–H groups in total. The maximum Gasteiger partial charge on any atom is 0.356 e. The molecule has 15 heavy (non-hydrogen) atoms. The fourth-order valence-electron chi connectivity index (χ4n) is 1.71. The number of imidazole rings is 1. The lowest BCUT2D eigenvalue weighted by Crippen LogP contribution is -2.02. The van der Waals surface area contributed by atoms with Crippen molar-refractivity contribution >= 4 is 11.6 Å². The summed E-state index contributed by atoms with van der Waals surface area (Å²) in [6.45, 7) is 3.89. The quantitative estimate of drug-likeness (QED) is 0.812. The number of rotatable bonds is 2. The summed E-state index contributed by atoms with van der Waals surface area (Å²) in [6.07, 6.45) is 2.52. The van der Waals surface area contributed by atoms with Crippen LogP contribution in [0.1, 0.15) is 28.7 Å². The van der Waals surface area contributed by atoms with Crippen molar-refractivity contribution in [2.45, 2.75) is 20.3 Å². The standard InChI is InChI=1S/C11H12N2O2/c1-3-8-10(11(14)15)12-9-6-7(2)4-5-13(8)9/h4-6H,3H2,1-2H3,(H,14,15). The summed E-state index contributed by atoms with van der Waals surface area (Å²) in [5, 5.41) is 8.99. The summed E-state index contributed by atoms with van der Waals surface area (Å²) in [7, 11) is 0. The first kappa shape index (κ1) is 9.71. The van der Waals surface area contributed by atoms with E-state index in [1.807, 2.05) is 36.6 Å². The highest BCUT2D eigenvalue weighted by Crippen LogP contribution is 2.14. The van der Waals surface area contributed by atoms with Gasteiger partial charge >= 0.3 is 5.97 Å². The highest BCUT2D eigenvalue weighted by atomic mass is 16.4. The first-order valence-electron chi connectivity index (χ1n) is 4.84. The Balaban J connectivity index is 2.78. The topological polar surface area (TPSA) is 54.6 Å². The van der Waals surface area contributed by atoms with Gasteiger partial charge in [-0.3, -0.25) is 0 Å². The second-order valence-corrected chi connectivity index (χ2v) is 3.50. The van der Waals surface area contributed by atoms with Crippen LogP contribution in [0.4, 0.5) is 0 Å². The number of carboxylic acid groups (broad SMARTS) is 1. The maximum atomic E-state index is 11.0. The van der Waals surface area contributed by atoms with Gasteiger partial charge in [-0.25, -0.2) is 9.78 Å². The molecule has 0 spiro atoms. The lowest BCUT2D eigenvalue weighted by Gasteiger charge is -1.99. The van der Waals surface area contributed by atoms with Gasteiger partial charge in [0.2, 0.25) is 0 Å². The van der Waals surface area contributed by atoms with Gasteiger partial charge in [0.25, 0.3) is 0 Å². The van der Waals surface area contributed by atoms with Gasteiger partial charge in [-0.2, -0.15) is 0 Å². The molecule has 2 heterocycles. The fraction of sp³-hybridized carbons (Fsp3) is 0.273. The predicted octanol–water partition coefficient (Wildman–Crippen LogP) is 1.90. The van der Waals surface area contributed by atoms with E-state index in [9.17, 15) is 4.79 Å². The summed E-state index contributed by atoms with van der Waals surface area (Å²) in [5.74, 6) is -0.965. The van der Waals surface area contributed by atoms with Crippen LogP contribution in [-0.2, 0) is 6.42 Å². The Morgan fingerprint density at radius 3 is 2.93 bits per heavy atom. The SMILES string of the molecule is CCc1c(C(=O)O)nc2cc(C)ccn12. The largest absolute Gasteiger partial charge is 0.476 e. The van der Waals surface area contributed by atoms with E-state index in [2.05, 4.69) is 4.98 Å². The molecular weight excluding hydrogens is 192 g/mol. The van der Waals surface area contributed by atoms with E-state index >= 15 is 0 Å². The molecule has 4 heteroatoms. The van der Waals surface area contributed by atoms with Gasteiger partial charge in [-0.15, -0.1) is 0 Å².